The smallest absolute Gasteiger partial charge is 0.201 e. The molecular weight excluding hydrogens is 480 g/mol. The number of sulfonamides is 2. The van der Waals surface area contributed by atoms with Crippen LogP contribution in [0.5, 0.6) is 0 Å². The summed E-state index contributed by atoms with van der Waals surface area (Å²) >= 11 is 0. The minimum absolute atomic E-state index is 0.181. The Kier molecular flexibility index (Phi) is 9.83. The molecular formula is C16H29F6NO4S3. The fourth-order valence-corrected chi connectivity index (χ4v) is 13.8. The molecule has 1 rings (SSSR count). The predicted octanol–water partition coefficient (Wildman–Crippen LogP) is 5.64. The van der Waals surface area contributed by atoms with Crippen LogP contribution in [0, 0.1) is 0 Å². The first-order valence-electron chi connectivity index (χ1n) is 9.83. The first-order chi connectivity index (χ1) is 13.6. The van der Waals surface area contributed by atoms with Crippen LogP contribution in [-0.4, -0.2) is 48.2 Å². The zero-order chi connectivity index (χ0) is 23.3. The standard InChI is InChI=1S/C16H29F6NO4S3/c1-2-3-4-5-6-7-8-9-12-28(13-10-11-14-28)23(29(24,25)15(17,18)19)30(26,27)16(20,21)22/h2-14H2,1H3. The van der Waals surface area contributed by atoms with E-state index in [-0.39, 0.29) is 36.5 Å². The molecule has 0 aliphatic carbocycles. The molecule has 0 N–H and O–H groups in total. The van der Waals surface area contributed by atoms with Crippen molar-refractivity contribution < 1.29 is 43.2 Å². The van der Waals surface area contributed by atoms with E-state index in [0.29, 0.717) is 12.8 Å². The topological polar surface area (TPSA) is 71.5 Å². The molecule has 1 saturated heterocycles. The Labute approximate surface area is 176 Å². The maximum absolute atomic E-state index is 13.2. The van der Waals surface area contributed by atoms with Crippen molar-refractivity contribution in [1.82, 2.24) is 3.12 Å². The van der Waals surface area contributed by atoms with Crippen LogP contribution in [0.15, 0.2) is 0 Å². The van der Waals surface area contributed by atoms with Crippen LogP contribution >= 0.6 is 10.2 Å². The van der Waals surface area contributed by atoms with Gasteiger partial charge in [0.25, 0.3) is 0 Å². The van der Waals surface area contributed by atoms with E-state index in [9.17, 15) is 43.2 Å². The zero-order valence-electron chi connectivity index (χ0n) is 16.8. The Morgan fingerprint density at radius 2 is 1.07 bits per heavy atom. The van der Waals surface area contributed by atoms with Crippen molar-refractivity contribution >= 4 is 30.3 Å². The minimum Gasteiger partial charge on any atom is -0.201 e. The Balaban J connectivity index is 3.12. The second-order valence-electron chi connectivity index (χ2n) is 7.36. The molecule has 0 radical (unpaired) electrons. The Morgan fingerprint density at radius 3 is 1.43 bits per heavy atom. The lowest BCUT2D eigenvalue weighted by molar-refractivity contribution is -0.0505. The molecule has 0 amide bonds. The summed E-state index contributed by atoms with van der Waals surface area (Å²) in [4.78, 5) is 0. The molecule has 0 aromatic heterocycles. The summed E-state index contributed by atoms with van der Waals surface area (Å²) in [7, 11) is -16.8. The third-order valence-corrected chi connectivity index (χ3v) is 15.0. The molecule has 0 atom stereocenters. The number of nitrogens with zero attached hydrogens (tertiary/aromatic N) is 1. The summed E-state index contributed by atoms with van der Waals surface area (Å²) in [6.07, 6.45) is 6.73. The maximum atomic E-state index is 13.2. The van der Waals surface area contributed by atoms with Crippen LogP contribution in [0.4, 0.5) is 26.3 Å². The summed E-state index contributed by atoms with van der Waals surface area (Å²) < 4.78 is 126. The van der Waals surface area contributed by atoms with E-state index in [2.05, 4.69) is 6.92 Å². The molecule has 0 saturated carbocycles. The molecule has 0 aromatic carbocycles. The first kappa shape index (κ1) is 27.8. The lowest BCUT2D eigenvalue weighted by Crippen LogP contribution is -2.51. The summed E-state index contributed by atoms with van der Waals surface area (Å²) in [5, 5.41) is 0. The van der Waals surface area contributed by atoms with Crippen molar-refractivity contribution in [3.05, 3.63) is 0 Å². The summed E-state index contributed by atoms with van der Waals surface area (Å²) in [5.41, 5.74) is -12.3. The van der Waals surface area contributed by atoms with Gasteiger partial charge in [0.1, 0.15) is 0 Å². The van der Waals surface area contributed by atoms with Crippen LogP contribution in [0.25, 0.3) is 0 Å². The molecule has 1 heterocycles. The lowest BCUT2D eigenvalue weighted by Gasteiger charge is -2.44. The van der Waals surface area contributed by atoms with E-state index in [0.717, 1.165) is 32.1 Å². The van der Waals surface area contributed by atoms with Gasteiger partial charge in [-0.2, -0.15) is 36.6 Å². The van der Waals surface area contributed by atoms with Crippen LogP contribution in [-0.2, 0) is 20.0 Å². The highest BCUT2D eigenvalue weighted by molar-refractivity contribution is 8.41. The number of unbranched alkanes of at least 4 members (excludes halogenated alkanes) is 7. The van der Waals surface area contributed by atoms with E-state index >= 15 is 0 Å². The molecule has 1 aliphatic heterocycles. The lowest BCUT2D eigenvalue weighted by atomic mass is 10.1. The van der Waals surface area contributed by atoms with E-state index in [4.69, 9.17) is 0 Å². The van der Waals surface area contributed by atoms with Crippen molar-refractivity contribution in [3.63, 3.8) is 0 Å². The first-order valence-corrected chi connectivity index (χ1v) is 14.8. The van der Waals surface area contributed by atoms with Gasteiger partial charge in [-0.05, 0) is 39.6 Å². The fourth-order valence-electron chi connectivity index (χ4n) is 3.49. The van der Waals surface area contributed by atoms with Crippen LogP contribution < -0.4 is 0 Å². The van der Waals surface area contributed by atoms with Crippen LogP contribution in [0.3, 0.4) is 0 Å². The highest BCUT2D eigenvalue weighted by Gasteiger charge is 2.66. The molecule has 5 nitrogen and oxygen atoms in total. The molecule has 1 fully saturated rings. The average molecular weight is 510 g/mol. The van der Waals surface area contributed by atoms with Gasteiger partial charge in [0.2, 0.25) is 0 Å². The van der Waals surface area contributed by atoms with Gasteiger partial charge >= 0.3 is 31.1 Å². The third kappa shape index (κ3) is 6.41. The van der Waals surface area contributed by atoms with Crippen molar-refractivity contribution in [2.45, 2.75) is 82.1 Å². The Hall–Kier alpha value is -0.210. The van der Waals surface area contributed by atoms with Gasteiger partial charge in [-0.15, -0.1) is 0 Å². The molecule has 30 heavy (non-hydrogen) atoms. The number of hydrogen-bond donors (Lipinski definition) is 0. The van der Waals surface area contributed by atoms with Crippen LogP contribution in [0.1, 0.15) is 71.1 Å². The van der Waals surface area contributed by atoms with E-state index in [1.54, 1.807) is 0 Å². The Bertz CT molecular complexity index is 700. The molecule has 1 aliphatic rings. The van der Waals surface area contributed by atoms with Gasteiger partial charge in [-0.25, -0.2) is 16.8 Å². The van der Waals surface area contributed by atoms with Crippen molar-refractivity contribution in [3.8, 4) is 0 Å². The fraction of sp³-hybridized carbons (Fsp3) is 1.00. The second-order valence-corrected chi connectivity index (χ2v) is 15.2. The average Bonchev–Trinajstić information content (AvgIpc) is 3.04. The zero-order valence-corrected chi connectivity index (χ0v) is 19.2. The number of alkyl halides is 6. The minimum atomic E-state index is -6.72. The maximum Gasteiger partial charge on any atom is 0.513 e. The number of rotatable bonds is 12. The van der Waals surface area contributed by atoms with E-state index in [1.165, 1.54) is 0 Å². The monoisotopic (exact) mass is 509 g/mol. The van der Waals surface area contributed by atoms with Gasteiger partial charge in [0.15, 0.2) is 0 Å². The number of halogens is 6. The van der Waals surface area contributed by atoms with E-state index < -0.39 is 44.4 Å². The number of hydrogen-bond acceptors (Lipinski definition) is 4. The van der Waals surface area contributed by atoms with Gasteiger partial charge in [0, 0.05) is 0 Å². The van der Waals surface area contributed by atoms with Gasteiger partial charge in [0.05, 0.1) is 0 Å². The molecule has 0 spiro atoms. The predicted molar refractivity (Wildman–Crippen MR) is 106 cm³/mol. The third-order valence-electron chi connectivity index (χ3n) is 4.97. The van der Waals surface area contributed by atoms with Crippen molar-refractivity contribution in [2.75, 3.05) is 17.3 Å². The van der Waals surface area contributed by atoms with Crippen LogP contribution in [0.2, 0.25) is 0 Å². The normalized spacial score (nSPS) is 19.3. The molecule has 0 unspecified atom stereocenters. The van der Waals surface area contributed by atoms with Gasteiger partial charge in [-0.1, -0.05) is 51.9 Å². The summed E-state index contributed by atoms with van der Waals surface area (Å²) in [6, 6.07) is 0. The SMILES string of the molecule is CCCCCCCCCCS1(N(S(=O)(=O)C(F)(F)F)S(=O)(=O)C(F)(F)F)CCCC1. The molecule has 14 heteroatoms. The quantitative estimate of drug-likeness (QED) is 0.252. The molecule has 182 valence electrons. The van der Waals surface area contributed by atoms with E-state index in [1.807, 2.05) is 0 Å². The summed E-state index contributed by atoms with van der Waals surface area (Å²) in [6.45, 7) is 2.06. The second kappa shape index (κ2) is 10.6. The van der Waals surface area contributed by atoms with Crippen molar-refractivity contribution in [1.29, 1.82) is 0 Å². The Morgan fingerprint density at radius 1 is 0.700 bits per heavy atom. The highest BCUT2D eigenvalue weighted by atomic mass is 32.4. The molecule has 0 bridgehead atoms. The largest absolute Gasteiger partial charge is 0.513 e. The van der Waals surface area contributed by atoms with Crippen molar-refractivity contribution in [2.24, 2.45) is 0 Å². The van der Waals surface area contributed by atoms with Gasteiger partial charge < -0.3 is 0 Å². The van der Waals surface area contributed by atoms with Gasteiger partial charge in [-0.3, -0.25) is 0 Å². The highest BCUT2D eigenvalue weighted by Crippen LogP contribution is 2.63. The molecule has 0 aromatic rings. The summed E-state index contributed by atoms with van der Waals surface area (Å²) in [5.74, 6) is -0.852.